The predicted octanol–water partition coefficient (Wildman–Crippen LogP) is 4.40. The third-order valence-corrected chi connectivity index (χ3v) is 3.11. The first-order valence-corrected chi connectivity index (χ1v) is 6.63. The zero-order valence-electron chi connectivity index (χ0n) is 11.3. The number of ether oxygens (including phenoxy) is 1. The lowest BCUT2D eigenvalue weighted by Gasteiger charge is -2.08. The van der Waals surface area contributed by atoms with E-state index in [4.69, 9.17) is 4.74 Å². The molecule has 0 fully saturated rings. The second kappa shape index (κ2) is 5.76. The lowest BCUT2D eigenvalue weighted by molar-refractivity contribution is 0.318. The van der Waals surface area contributed by atoms with E-state index in [1.165, 1.54) is 16.5 Å². The van der Waals surface area contributed by atoms with Crippen molar-refractivity contribution in [1.82, 2.24) is 4.57 Å². The van der Waals surface area contributed by atoms with Crippen molar-refractivity contribution in [3.05, 3.63) is 42.6 Å². The summed E-state index contributed by atoms with van der Waals surface area (Å²) in [5.41, 5.74) is 2.49. The van der Waals surface area contributed by atoms with Crippen LogP contribution in [0.5, 0.6) is 5.75 Å². The second-order valence-electron chi connectivity index (χ2n) is 4.62. The van der Waals surface area contributed by atoms with Crippen LogP contribution in [0.1, 0.15) is 26.7 Å². The van der Waals surface area contributed by atoms with Crippen LogP contribution in [0.4, 0.5) is 0 Å². The van der Waals surface area contributed by atoms with Crippen LogP contribution in [-0.4, -0.2) is 11.2 Å². The van der Waals surface area contributed by atoms with Crippen LogP contribution in [0.15, 0.2) is 42.6 Å². The van der Waals surface area contributed by atoms with Gasteiger partial charge in [0.2, 0.25) is 0 Å². The van der Waals surface area contributed by atoms with Gasteiger partial charge in [-0.2, -0.15) is 0 Å². The molecule has 2 heteroatoms. The number of hydrogen-bond donors (Lipinski definition) is 0. The first-order valence-electron chi connectivity index (χ1n) is 6.63. The zero-order valence-corrected chi connectivity index (χ0v) is 11.3. The Balaban J connectivity index is 2.23. The third-order valence-electron chi connectivity index (χ3n) is 3.11. The minimum atomic E-state index is 0.777. The van der Waals surface area contributed by atoms with Crippen molar-refractivity contribution in [3.8, 4) is 5.75 Å². The number of allylic oxidation sites excluding steroid dienone is 1. The highest BCUT2D eigenvalue weighted by Crippen LogP contribution is 2.23. The van der Waals surface area contributed by atoms with Gasteiger partial charge in [0, 0.05) is 23.6 Å². The van der Waals surface area contributed by atoms with Crippen molar-refractivity contribution in [3.63, 3.8) is 0 Å². The van der Waals surface area contributed by atoms with Gasteiger partial charge in [0.1, 0.15) is 5.75 Å². The van der Waals surface area contributed by atoms with Gasteiger partial charge < -0.3 is 9.30 Å². The third kappa shape index (κ3) is 2.76. The molecule has 0 aliphatic carbocycles. The molecule has 0 bridgehead atoms. The van der Waals surface area contributed by atoms with Gasteiger partial charge in [-0.15, -0.1) is 0 Å². The number of benzene rings is 1. The summed E-state index contributed by atoms with van der Waals surface area (Å²) in [7, 11) is 0. The number of rotatable bonds is 6. The highest BCUT2D eigenvalue weighted by atomic mass is 16.5. The largest absolute Gasteiger partial charge is 0.494 e. The van der Waals surface area contributed by atoms with E-state index in [9.17, 15) is 0 Å². The summed E-state index contributed by atoms with van der Waals surface area (Å²) in [6.45, 7) is 10.0. The Bertz CT molecular complexity index is 539. The maximum atomic E-state index is 5.65. The van der Waals surface area contributed by atoms with Crippen molar-refractivity contribution in [2.75, 3.05) is 6.61 Å². The fourth-order valence-electron chi connectivity index (χ4n) is 1.98. The Labute approximate surface area is 109 Å². The summed E-state index contributed by atoms with van der Waals surface area (Å²) in [6.07, 6.45) is 4.18. The van der Waals surface area contributed by atoms with Crippen molar-refractivity contribution in [2.45, 2.75) is 33.2 Å². The molecule has 96 valence electrons. The standard InChI is InChI=1S/C16H21NO/c1-4-10-18-15-6-7-16-14(11-15)8-9-17(16)12-13(3)5-2/h6-9,11H,3-5,10,12H2,1-2H3. The van der Waals surface area contributed by atoms with Crippen LogP contribution < -0.4 is 4.74 Å². The van der Waals surface area contributed by atoms with E-state index in [0.29, 0.717) is 0 Å². The molecule has 18 heavy (non-hydrogen) atoms. The van der Waals surface area contributed by atoms with Crippen LogP contribution in [0.2, 0.25) is 0 Å². The van der Waals surface area contributed by atoms with Gasteiger partial charge >= 0.3 is 0 Å². The molecule has 2 nitrogen and oxygen atoms in total. The molecule has 0 spiro atoms. The Morgan fingerprint density at radius 1 is 1.28 bits per heavy atom. The molecule has 1 aromatic carbocycles. The molecule has 0 aliphatic rings. The maximum Gasteiger partial charge on any atom is 0.120 e. The lowest BCUT2D eigenvalue weighted by atomic mass is 10.2. The van der Waals surface area contributed by atoms with E-state index in [1.807, 2.05) is 6.07 Å². The Kier molecular flexibility index (Phi) is 4.08. The van der Waals surface area contributed by atoms with Gasteiger partial charge in [-0.1, -0.05) is 26.0 Å². The lowest BCUT2D eigenvalue weighted by Crippen LogP contribution is -1.98. The highest BCUT2D eigenvalue weighted by molar-refractivity contribution is 5.81. The van der Waals surface area contributed by atoms with Crippen LogP contribution in [0.25, 0.3) is 10.9 Å². The zero-order chi connectivity index (χ0) is 13.0. The van der Waals surface area contributed by atoms with Gasteiger partial charge in [0.15, 0.2) is 0 Å². The Morgan fingerprint density at radius 3 is 2.83 bits per heavy atom. The molecule has 1 heterocycles. The van der Waals surface area contributed by atoms with E-state index < -0.39 is 0 Å². The second-order valence-corrected chi connectivity index (χ2v) is 4.62. The summed E-state index contributed by atoms with van der Waals surface area (Å²) < 4.78 is 7.89. The van der Waals surface area contributed by atoms with Crippen LogP contribution >= 0.6 is 0 Å². The van der Waals surface area contributed by atoms with Crippen LogP contribution in [0.3, 0.4) is 0 Å². The molecule has 0 radical (unpaired) electrons. The minimum absolute atomic E-state index is 0.777. The fraction of sp³-hybridized carbons (Fsp3) is 0.375. The SMILES string of the molecule is C=C(CC)Cn1ccc2cc(OCCC)ccc21. The van der Waals surface area contributed by atoms with Gasteiger partial charge in [0.05, 0.1) is 6.61 Å². The van der Waals surface area contributed by atoms with E-state index in [2.05, 4.69) is 49.4 Å². The summed E-state index contributed by atoms with van der Waals surface area (Å²) >= 11 is 0. The van der Waals surface area contributed by atoms with Gasteiger partial charge in [-0.25, -0.2) is 0 Å². The molecule has 0 atom stereocenters. The Morgan fingerprint density at radius 2 is 2.11 bits per heavy atom. The Hall–Kier alpha value is -1.70. The molecular weight excluding hydrogens is 222 g/mol. The molecule has 0 amide bonds. The van der Waals surface area contributed by atoms with E-state index >= 15 is 0 Å². The maximum absolute atomic E-state index is 5.65. The molecule has 0 aliphatic heterocycles. The summed E-state index contributed by atoms with van der Waals surface area (Å²) in [6, 6.07) is 8.42. The molecule has 0 N–H and O–H groups in total. The van der Waals surface area contributed by atoms with Crippen molar-refractivity contribution in [1.29, 1.82) is 0 Å². The monoisotopic (exact) mass is 243 g/mol. The van der Waals surface area contributed by atoms with Gasteiger partial charge in [-0.05, 0) is 37.1 Å². The molecular formula is C16H21NO. The quantitative estimate of drug-likeness (QED) is 0.686. The predicted molar refractivity (Wildman–Crippen MR) is 77.2 cm³/mol. The molecule has 2 rings (SSSR count). The average molecular weight is 243 g/mol. The van der Waals surface area contributed by atoms with E-state index in [-0.39, 0.29) is 0 Å². The number of nitrogens with zero attached hydrogens (tertiary/aromatic N) is 1. The van der Waals surface area contributed by atoms with Crippen molar-refractivity contribution in [2.24, 2.45) is 0 Å². The number of aromatic nitrogens is 1. The van der Waals surface area contributed by atoms with Crippen LogP contribution in [-0.2, 0) is 6.54 Å². The van der Waals surface area contributed by atoms with Gasteiger partial charge in [0.25, 0.3) is 0 Å². The molecule has 0 saturated heterocycles. The van der Waals surface area contributed by atoms with E-state index in [0.717, 1.165) is 31.7 Å². The molecule has 1 aromatic heterocycles. The van der Waals surface area contributed by atoms with Crippen LogP contribution in [0, 0.1) is 0 Å². The van der Waals surface area contributed by atoms with Crippen molar-refractivity contribution < 1.29 is 4.74 Å². The number of hydrogen-bond acceptors (Lipinski definition) is 1. The molecule has 0 unspecified atom stereocenters. The highest BCUT2D eigenvalue weighted by Gasteiger charge is 2.03. The molecule has 2 aromatic rings. The average Bonchev–Trinajstić information content (AvgIpc) is 2.78. The van der Waals surface area contributed by atoms with Crippen molar-refractivity contribution >= 4 is 10.9 Å². The summed E-state index contributed by atoms with van der Waals surface area (Å²) in [5.74, 6) is 0.955. The first kappa shape index (κ1) is 12.7. The number of fused-ring (bicyclic) bond motifs is 1. The summed E-state index contributed by atoms with van der Waals surface area (Å²) in [5, 5.41) is 1.23. The molecule has 0 saturated carbocycles. The smallest absolute Gasteiger partial charge is 0.120 e. The minimum Gasteiger partial charge on any atom is -0.494 e. The van der Waals surface area contributed by atoms with Gasteiger partial charge in [-0.3, -0.25) is 0 Å². The van der Waals surface area contributed by atoms with E-state index in [1.54, 1.807) is 0 Å². The normalized spacial score (nSPS) is 10.8. The first-order chi connectivity index (χ1) is 8.74. The topological polar surface area (TPSA) is 14.2 Å². The summed E-state index contributed by atoms with van der Waals surface area (Å²) in [4.78, 5) is 0. The fourth-order valence-corrected chi connectivity index (χ4v) is 1.98.